The number of nitrogens with one attached hydrogen (secondary N) is 1. The van der Waals surface area contributed by atoms with E-state index in [2.05, 4.69) is 10.3 Å². The van der Waals surface area contributed by atoms with Gasteiger partial charge in [0, 0.05) is 5.69 Å². The van der Waals surface area contributed by atoms with Crippen molar-refractivity contribution in [3.8, 4) is 5.88 Å². The summed E-state index contributed by atoms with van der Waals surface area (Å²) < 4.78 is 5.54. The van der Waals surface area contributed by atoms with Gasteiger partial charge in [-0.25, -0.2) is 4.98 Å². The van der Waals surface area contributed by atoms with E-state index in [-0.39, 0.29) is 6.10 Å². The fourth-order valence-corrected chi connectivity index (χ4v) is 1.24. The fourth-order valence-electron chi connectivity index (χ4n) is 1.24. The summed E-state index contributed by atoms with van der Waals surface area (Å²) in [6.07, 6.45) is 0.215. The van der Waals surface area contributed by atoms with Gasteiger partial charge in [-0.3, -0.25) is 0 Å². The number of rotatable bonds is 0. The molecule has 3 nitrogen and oxygen atoms in total. The predicted octanol–water partition coefficient (Wildman–Crippen LogP) is 1.58. The van der Waals surface area contributed by atoms with Crippen LogP contribution in [0, 0.1) is 6.92 Å². The lowest BCUT2D eigenvalue weighted by Crippen LogP contribution is -2.28. The molecule has 12 heavy (non-hydrogen) atoms. The molecule has 1 aromatic heterocycles. The third-order valence-electron chi connectivity index (χ3n) is 1.89. The van der Waals surface area contributed by atoms with Gasteiger partial charge < -0.3 is 10.1 Å². The molecule has 0 spiro atoms. The Morgan fingerprint density at radius 1 is 1.58 bits per heavy atom. The minimum atomic E-state index is 0.215. The van der Waals surface area contributed by atoms with Crippen LogP contribution in [0.1, 0.15) is 12.6 Å². The second-order valence-corrected chi connectivity index (χ2v) is 3.11. The maximum Gasteiger partial charge on any atom is 0.237 e. The summed E-state index contributed by atoms with van der Waals surface area (Å²) in [4.78, 5) is 4.28. The van der Waals surface area contributed by atoms with Gasteiger partial charge in [-0.1, -0.05) is 0 Å². The van der Waals surface area contributed by atoms with Crippen LogP contribution < -0.4 is 10.1 Å². The van der Waals surface area contributed by atoms with Crippen LogP contribution in [-0.4, -0.2) is 17.6 Å². The van der Waals surface area contributed by atoms with Gasteiger partial charge >= 0.3 is 0 Å². The zero-order valence-corrected chi connectivity index (χ0v) is 7.29. The van der Waals surface area contributed by atoms with Crippen molar-refractivity contribution in [2.75, 3.05) is 11.9 Å². The van der Waals surface area contributed by atoms with Crippen molar-refractivity contribution in [3.63, 3.8) is 0 Å². The van der Waals surface area contributed by atoms with E-state index in [1.165, 1.54) is 0 Å². The number of ether oxygens (including phenoxy) is 1. The van der Waals surface area contributed by atoms with Crippen LogP contribution in [0.4, 0.5) is 5.69 Å². The molecule has 1 N–H and O–H groups in total. The lowest BCUT2D eigenvalue weighted by atomic mass is 10.3. The van der Waals surface area contributed by atoms with Gasteiger partial charge in [0.15, 0.2) is 0 Å². The minimum Gasteiger partial charge on any atom is -0.471 e. The molecule has 1 atom stereocenters. The molecule has 2 heterocycles. The average Bonchev–Trinajstić information content (AvgIpc) is 2.03. The summed E-state index contributed by atoms with van der Waals surface area (Å²) in [6, 6.07) is 3.98. The first-order chi connectivity index (χ1) is 5.75. The second kappa shape index (κ2) is 2.66. The normalized spacial score (nSPS) is 20.7. The molecule has 1 aliphatic rings. The van der Waals surface area contributed by atoms with Crippen LogP contribution >= 0.6 is 0 Å². The first-order valence-electron chi connectivity index (χ1n) is 4.14. The molecular formula is C9H12N2O. The van der Waals surface area contributed by atoms with E-state index in [1.54, 1.807) is 0 Å². The van der Waals surface area contributed by atoms with Crippen molar-refractivity contribution in [1.82, 2.24) is 4.98 Å². The van der Waals surface area contributed by atoms with E-state index in [0.717, 1.165) is 23.8 Å². The molecule has 0 fully saturated rings. The third kappa shape index (κ3) is 1.22. The smallest absolute Gasteiger partial charge is 0.237 e. The third-order valence-corrected chi connectivity index (χ3v) is 1.89. The Bertz CT molecular complexity index is 299. The molecule has 3 heteroatoms. The molecule has 0 radical (unpaired) electrons. The van der Waals surface area contributed by atoms with Crippen molar-refractivity contribution < 1.29 is 4.74 Å². The SMILES string of the molecule is Cc1ccc2c(n1)OC(C)CN2. The zero-order valence-electron chi connectivity index (χ0n) is 7.29. The summed E-state index contributed by atoms with van der Waals surface area (Å²) in [6.45, 7) is 4.85. The molecular weight excluding hydrogens is 152 g/mol. The van der Waals surface area contributed by atoms with Gasteiger partial charge in [-0.15, -0.1) is 0 Å². The first-order valence-corrected chi connectivity index (χ1v) is 4.14. The summed E-state index contributed by atoms with van der Waals surface area (Å²) >= 11 is 0. The minimum absolute atomic E-state index is 0.215. The number of hydrogen-bond donors (Lipinski definition) is 1. The first kappa shape index (κ1) is 7.40. The number of nitrogens with zero attached hydrogens (tertiary/aromatic N) is 1. The Morgan fingerprint density at radius 2 is 2.42 bits per heavy atom. The number of hydrogen-bond acceptors (Lipinski definition) is 3. The second-order valence-electron chi connectivity index (χ2n) is 3.11. The Morgan fingerprint density at radius 3 is 3.25 bits per heavy atom. The molecule has 0 aromatic carbocycles. The Balaban J connectivity index is 2.37. The highest BCUT2D eigenvalue weighted by Gasteiger charge is 2.15. The van der Waals surface area contributed by atoms with Gasteiger partial charge in [-0.05, 0) is 26.0 Å². The molecule has 1 aliphatic heterocycles. The number of anilines is 1. The summed E-state index contributed by atoms with van der Waals surface area (Å²) in [5.74, 6) is 0.730. The molecule has 0 saturated heterocycles. The number of aryl methyl sites for hydroxylation is 1. The van der Waals surface area contributed by atoms with Crippen molar-refractivity contribution in [3.05, 3.63) is 17.8 Å². The maximum atomic E-state index is 5.54. The van der Waals surface area contributed by atoms with Gasteiger partial charge in [-0.2, -0.15) is 0 Å². The van der Waals surface area contributed by atoms with Crippen LogP contribution in [0.5, 0.6) is 5.88 Å². The van der Waals surface area contributed by atoms with E-state index in [1.807, 2.05) is 26.0 Å². The lowest BCUT2D eigenvalue weighted by Gasteiger charge is -2.23. The number of pyridine rings is 1. The molecule has 2 rings (SSSR count). The summed E-state index contributed by atoms with van der Waals surface area (Å²) in [7, 11) is 0. The number of fused-ring (bicyclic) bond motifs is 1. The van der Waals surface area contributed by atoms with Crippen molar-refractivity contribution in [2.24, 2.45) is 0 Å². The molecule has 0 aliphatic carbocycles. The molecule has 64 valence electrons. The highest BCUT2D eigenvalue weighted by molar-refractivity contribution is 5.54. The monoisotopic (exact) mass is 164 g/mol. The topological polar surface area (TPSA) is 34.1 Å². The molecule has 0 amide bonds. The van der Waals surface area contributed by atoms with Crippen molar-refractivity contribution >= 4 is 5.69 Å². The molecule has 1 unspecified atom stereocenters. The van der Waals surface area contributed by atoms with Crippen LogP contribution in [0.25, 0.3) is 0 Å². The Hall–Kier alpha value is -1.25. The molecule has 0 saturated carbocycles. The van der Waals surface area contributed by atoms with Crippen molar-refractivity contribution in [1.29, 1.82) is 0 Å². The van der Waals surface area contributed by atoms with Crippen molar-refractivity contribution in [2.45, 2.75) is 20.0 Å². The molecule has 1 aromatic rings. The van der Waals surface area contributed by atoms with Gasteiger partial charge in [0.05, 0.1) is 12.2 Å². The van der Waals surface area contributed by atoms with Gasteiger partial charge in [0.1, 0.15) is 6.10 Å². The van der Waals surface area contributed by atoms with Crippen LogP contribution in [-0.2, 0) is 0 Å². The van der Waals surface area contributed by atoms with E-state index in [4.69, 9.17) is 4.74 Å². The maximum absolute atomic E-state index is 5.54. The Kier molecular flexibility index (Phi) is 1.64. The van der Waals surface area contributed by atoms with Gasteiger partial charge in [0.25, 0.3) is 0 Å². The van der Waals surface area contributed by atoms with Crippen LogP contribution in [0.15, 0.2) is 12.1 Å². The zero-order chi connectivity index (χ0) is 8.55. The molecule has 0 bridgehead atoms. The van der Waals surface area contributed by atoms with Crippen LogP contribution in [0.3, 0.4) is 0 Å². The van der Waals surface area contributed by atoms with Gasteiger partial charge in [0.2, 0.25) is 5.88 Å². The number of aromatic nitrogens is 1. The average molecular weight is 164 g/mol. The highest BCUT2D eigenvalue weighted by Crippen LogP contribution is 2.26. The van der Waals surface area contributed by atoms with E-state index >= 15 is 0 Å². The quantitative estimate of drug-likeness (QED) is 0.632. The fraction of sp³-hybridized carbons (Fsp3) is 0.444. The highest BCUT2D eigenvalue weighted by atomic mass is 16.5. The lowest BCUT2D eigenvalue weighted by molar-refractivity contribution is 0.216. The predicted molar refractivity (Wildman–Crippen MR) is 47.6 cm³/mol. The van der Waals surface area contributed by atoms with E-state index in [9.17, 15) is 0 Å². The van der Waals surface area contributed by atoms with E-state index in [0.29, 0.717) is 0 Å². The standard InChI is InChI=1S/C9H12N2O/c1-6-3-4-8-9(11-6)12-7(2)5-10-8/h3-4,7,10H,5H2,1-2H3. The largest absolute Gasteiger partial charge is 0.471 e. The summed E-state index contributed by atoms with van der Waals surface area (Å²) in [5, 5.41) is 3.25. The van der Waals surface area contributed by atoms with E-state index < -0.39 is 0 Å². The van der Waals surface area contributed by atoms with Crippen LogP contribution in [0.2, 0.25) is 0 Å². The Labute approximate surface area is 71.8 Å². The summed E-state index contributed by atoms with van der Waals surface area (Å²) in [5.41, 5.74) is 1.99.